The smallest absolute Gasteiger partial charge is 0.291 e. The summed E-state index contributed by atoms with van der Waals surface area (Å²) in [4.78, 5) is 29.9. The molecule has 1 fully saturated rings. The lowest BCUT2D eigenvalue weighted by Gasteiger charge is -2.17. The number of hydrogen-bond acceptors (Lipinski definition) is 4. The van der Waals surface area contributed by atoms with Gasteiger partial charge in [-0.15, -0.1) is 0 Å². The number of nitrogens with zero attached hydrogens (tertiary/aromatic N) is 2. The third kappa shape index (κ3) is 3.88. The maximum absolute atomic E-state index is 12.7. The summed E-state index contributed by atoms with van der Waals surface area (Å²) in [7, 11) is 0. The van der Waals surface area contributed by atoms with Gasteiger partial charge in [0.15, 0.2) is 5.82 Å². The van der Waals surface area contributed by atoms with Crippen molar-refractivity contribution in [1.29, 1.82) is 0 Å². The molecule has 4 rings (SSSR count). The Morgan fingerprint density at radius 1 is 1.15 bits per heavy atom. The Labute approximate surface area is 158 Å². The first-order valence-electron chi connectivity index (χ1n) is 9.58. The number of fused-ring (bicyclic) bond motifs is 1. The second-order valence-corrected chi connectivity index (χ2v) is 7.00. The maximum Gasteiger partial charge on any atom is 0.291 e. The number of rotatable bonds is 5. The van der Waals surface area contributed by atoms with E-state index >= 15 is 0 Å². The minimum Gasteiger partial charge on any atom is -0.376 e. The number of carbonyl (C=O) groups is 2. The molecular weight excluding hydrogens is 344 g/mol. The van der Waals surface area contributed by atoms with Gasteiger partial charge in [0, 0.05) is 25.4 Å². The van der Waals surface area contributed by atoms with Gasteiger partial charge in [-0.25, -0.2) is 4.98 Å². The molecule has 7 heteroatoms. The van der Waals surface area contributed by atoms with Gasteiger partial charge < -0.3 is 19.9 Å². The molecule has 1 aromatic heterocycles. The van der Waals surface area contributed by atoms with Crippen molar-refractivity contribution in [3.05, 3.63) is 47.5 Å². The molecule has 0 radical (unpaired) electrons. The number of aromatic nitrogens is 2. The van der Waals surface area contributed by atoms with Gasteiger partial charge in [0.1, 0.15) is 5.69 Å². The van der Waals surface area contributed by atoms with Crippen LogP contribution in [0, 0.1) is 0 Å². The molecular formula is C20H24N4O3. The minimum atomic E-state index is -0.289. The highest BCUT2D eigenvalue weighted by atomic mass is 16.5. The van der Waals surface area contributed by atoms with E-state index in [4.69, 9.17) is 4.74 Å². The molecule has 7 nitrogen and oxygen atoms in total. The van der Waals surface area contributed by atoms with Crippen LogP contribution in [-0.2, 0) is 17.7 Å². The Morgan fingerprint density at radius 2 is 2.00 bits per heavy atom. The van der Waals surface area contributed by atoms with Crippen LogP contribution < -0.4 is 10.6 Å². The van der Waals surface area contributed by atoms with Crippen molar-refractivity contribution in [2.45, 2.75) is 44.8 Å². The molecule has 0 bridgehead atoms. The van der Waals surface area contributed by atoms with E-state index < -0.39 is 0 Å². The fourth-order valence-electron chi connectivity index (χ4n) is 3.70. The largest absolute Gasteiger partial charge is 0.376 e. The summed E-state index contributed by atoms with van der Waals surface area (Å²) in [5.41, 5.74) is 1.93. The van der Waals surface area contributed by atoms with E-state index in [0.717, 1.165) is 44.4 Å². The van der Waals surface area contributed by atoms with Crippen LogP contribution in [0.4, 0.5) is 5.69 Å². The fraction of sp³-hybridized carbons (Fsp3) is 0.450. The third-order valence-electron chi connectivity index (χ3n) is 5.08. The Kier molecular flexibility index (Phi) is 5.20. The van der Waals surface area contributed by atoms with E-state index in [1.165, 1.54) is 0 Å². The number of anilines is 1. The predicted octanol–water partition coefficient (Wildman–Crippen LogP) is 2.38. The molecule has 2 N–H and O–H groups in total. The van der Waals surface area contributed by atoms with Crippen LogP contribution in [0.15, 0.2) is 30.3 Å². The van der Waals surface area contributed by atoms with Crippen LogP contribution in [0.1, 0.15) is 52.5 Å². The molecule has 2 aromatic rings. The number of imidazole rings is 1. The van der Waals surface area contributed by atoms with E-state index in [0.29, 0.717) is 30.3 Å². The van der Waals surface area contributed by atoms with Crippen LogP contribution in [0.2, 0.25) is 0 Å². The molecule has 1 unspecified atom stereocenters. The first-order chi connectivity index (χ1) is 13.2. The van der Waals surface area contributed by atoms with Gasteiger partial charge in [-0.1, -0.05) is 18.2 Å². The second kappa shape index (κ2) is 7.92. The lowest BCUT2D eigenvalue weighted by atomic mass is 10.1. The molecule has 142 valence electrons. The van der Waals surface area contributed by atoms with Crippen LogP contribution in [0.25, 0.3) is 0 Å². The number of nitrogens with one attached hydrogen (secondary N) is 2. The SMILES string of the molecule is O=C(NCC1CCCO1)c1nc(C(=O)Nc2ccccc2)n2c1CCCC2. The van der Waals surface area contributed by atoms with Crippen molar-refractivity contribution in [2.75, 3.05) is 18.5 Å². The van der Waals surface area contributed by atoms with E-state index in [1.54, 1.807) is 0 Å². The van der Waals surface area contributed by atoms with Crippen LogP contribution in [0.5, 0.6) is 0 Å². The zero-order valence-electron chi connectivity index (χ0n) is 15.2. The molecule has 0 saturated carbocycles. The summed E-state index contributed by atoms with van der Waals surface area (Å²) in [6.07, 6.45) is 4.81. The Morgan fingerprint density at radius 3 is 2.78 bits per heavy atom. The van der Waals surface area contributed by atoms with E-state index in [9.17, 15) is 9.59 Å². The third-order valence-corrected chi connectivity index (χ3v) is 5.08. The summed E-state index contributed by atoms with van der Waals surface area (Å²) in [6, 6.07) is 9.27. The Bertz CT molecular complexity index is 825. The molecule has 2 amide bonds. The minimum absolute atomic E-state index is 0.0771. The normalized spacial score (nSPS) is 18.7. The van der Waals surface area contributed by atoms with Crippen LogP contribution in [-0.4, -0.2) is 40.6 Å². The first-order valence-corrected chi connectivity index (χ1v) is 9.58. The lowest BCUT2D eigenvalue weighted by Crippen LogP contribution is -2.32. The Hall–Kier alpha value is -2.67. The Balaban J connectivity index is 1.53. The molecule has 1 aromatic carbocycles. The van der Waals surface area contributed by atoms with Crippen molar-refractivity contribution in [3.63, 3.8) is 0 Å². The van der Waals surface area contributed by atoms with E-state index in [2.05, 4.69) is 15.6 Å². The number of benzene rings is 1. The quantitative estimate of drug-likeness (QED) is 0.849. The zero-order valence-corrected chi connectivity index (χ0v) is 15.2. The van der Waals surface area contributed by atoms with Crippen molar-refractivity contribution >= 4 is 17.5 Å². The topological polar surface area (TPSA) is 85.2 Å². The summed E-state index contributed by atoms with van der Waals surface area (Å²) in [5.74, 6) is -0.215. The molecule has 0 spiro atoms. The monoisotopic (exact) mass is 368 g/mol. The highest BCUT2D eigenvalue weighted by Gasteiger charge is 2.28. The zero-order chi connectivity index (χ0) is 18.6. The average Bonchev–Trinajstić information content (AvgIpc) is 3.35. The standard InChI is InChI=1S/C20H24N4O3/c25-19(21-13-15-9-6-12-27-15)17-16-10-4-5-11-24(16)18(23-17)20(26)22-14-7-2-1-3-8-14/h1-3,7-8,15H,4-6,9-13H2,(H,21,25)(H,22,26). The summed E-state index contributed by atoms with van der Waals surface area (Å²) in [6.45, 7) is 1.94. The van der Waals surface area contributed by atoms with Gasteiger partial charge in [-0.3, -0.25) is 9.59 Å². The average molecular weight is 368 g/mol. The number of para-hydroxylation sites is 1. The summed E-state index contributed by atoms with van der Waals surface area (Å²) >= 11 is 0. The molecule has 27 heavy (non-hydrogen) atoms. The molecule has 0 aliphatic carbocycles. The van der Waals surface area contributed by atoms with Crippen LogP contribution in [0.3, 0.4) is 0 Å². The highest BCUT2D eigenvalue weighted by Crippen LogP contribution is 2.22. The van der Waals surface area contributed by atoms with E-state index in [1.807, 2.05) is 34.9 Å². The second-order valence-electron chi connectivity index (χ2n) is 7.00. The van der Waals surface area contributed by atoms with Crippen molar-refractivity contribution < 1.29 is 14.3 Å². The lowest BCUT2D eigenvalue weighted by molar-refractivity contribution is 0.0853. The van der Waals surface area contributed by atoms with Crippen LogP contribution >= 0.6 is 0 Å². The van der Waals surface area contributed by atoms with Gasteiger partial charge >= 0.3 is 0 Å². The fourth-order valence-corrected chi connectivity index (χ4v) is 3.70. The van der Waals surface area contributed by atoms with Crippen molar-refractivity contribution in [1.82, 2.24) is 14.9 Å². The van der Waals surface area contributed by atoms with Crippen molar-refractivity contribution in [2.24, 2.45) is 0 Å². The molecule has 2 aliphatic rings. The number of carbonyl (C=O) groups excluding carboxylic acids is 2. The number of amides is 2. The highest BCUT2D eigenvalue weighted by molar-refractivity contribution is 6.03. The maximum atomic E-state index is 12.7. The predicted molar refractivity (Wildman–Crippen MR) is 101 cm³/mol. The molecule has 1 saturated heterocycles. The number of hydrogen-bond donors (Lipinski definition) is 2. The van der Waals surface area contributed by atoms with Gasteiger partial charge in [0.2, 0.25) is 0 Å². The molecule has 1 atom stereocenters. The molecule has 2 aliphatic heterocycles. The summed E-state index contributed by atoms with van der Waals surface area (Å²) in [5, 5.41) is 5.78. The van der Waals surface area contributed by atoms with Crippen molar-refractivity contribution in [3.8, 4) is 0 Å². The van der Waals surface area contributed by atoms with Gasteiger partial charge in [-0.2, -0.15) is 0 Å². The molecule has 3 heterocycles. The number of ether oxygens (including phenoxy) is 1. The van der Waals surface area contributed by atoms with Gasteiger partial charge in [0.25, 0.3) is 11.8 Å². The first kappa shape index (κ1) is 17.7. The van der Waals surface area contributed by atoms with Gasteiger partial charge in [-0.05, 0) is 44.2 Å². The van der Waals surface area contributed by atoms with E-state index in [-0.39, 0.29) is 17.9 Å². The summed E-state index contributed by atoms with van der Waals surface area (Å²) < 4.78 is 7.45. The van der Waals surface area contributed by atoms with Gasteiger partial charge in [0.05, 0.1) is 11.8 Å².